The molecule has 0 bridgehead atoms. The zero-order valence-corrected chi connectivity index (χ0v) is 13.8. The average molecular weight is 353 g/mol. The normalized spacial score (nSPS) is 28.6. The van der Waals surface area contributed by atoms with Crippen LogP contribution in [0.25, 0.3) is 0 Å². The summed E-state index contributed by atoms with van der Waals surface area (Å²) in [6, 6.07) is 5.81. The highest BCUT2D eigenvalue weighted by molar-refractivity contribution is 9.10. The van der Waals surface area contributed by atoms with Crippen LogP contribution in [0.4, 0.5) is 5.69 Å². The number of carbonyl (C=O) groups is 1. The molecule has 1 heterocycles. The number of carbonyl (C=O) groups excluding carboxylic acids is 1. The highest BCUT2D eigenvalue weighted by Crippen LogP contribution is 2.37. The van der Waals surface area contributed by atoms with Gasteiger partial charge in [-0.2, -0.15) is 0 Å². The van der Waals surface area contributed by atoms with Crippen molar-refractivity contribution in [3.63, 3.8) is 0 Å². The molecule has 0 spiro atoms. The molecule has 4 nitrogen and oxygen atoms in total. The summed E-state index contributed by atoms with van der Waals surface area (Å²) in [4.78, 5) is 14.3. The number of aliphatic hydroxyl groups is 1. The number of fused-ring (bicyclic) bond motifs is 1. The monoisotopic (exact) mass is 352 g/mol. The maximum Gasteiger partial charge on any atom is 0.238 e. The third kappa shape index (κ3) is 3.30. The van der Waals surface area contributed by atoms with Gasteiger partial charge in [-0.15, -0.1) is 0 Å². The number of aryl methyl sites for hydroxylation is 1. The quantitative estimate of drug-likeness (QED) is 0.878. The van der Waals surface area contributed by atoms with Gasteiger partial charge in [0, 0.05) is 29.2 Å². The predicted molar refractivity (Wildman–Crippen MR) is 86.2 cm³/mol. The Morgan fingerprint density at radius 3 is 2.95 bits per heavy atom. The predicted octanol–water partition coefficient (Wildman–Crippen LogP) is 2.40. The van der Waals surface area contributed by atoms with Crippen molar-refractivity contribution in [3.05, 3.63) is 28.2 Å². The number of rotatable bonds is 3. The van der Waals surface area contributed by atoms with Crippen LogP contribution in [0, 0.1) is 18.8 Å². The number of amides is 1. The summed E-state index contributed by atoms with van der Waals surface area (Å²) in [6.45, 7) is 4.20. The number of halogens is 1. The summed E-state index contributed by atoms with van der Waals surface area (Å²) in [5.41, 5.74) is 1.94. The second kappa shape index (κ2) is 6.07. The zero-order chi connectivity index (χ0) is 15.0. The van der Waals surface area contributed by atoms with E-state index in [1.165, 1.54) is 0 Å². The van der Waals surface area contributed by atoms with Crippen molar-refractivity contribution in [2.45, 2.75) is 25.9 Å². The lowest BCUT2D eigenvalue weighted by atomic mass is 10.00. The molecule has 0 aromatic heterocycles. The van der Waals surface area contributed by atoms with E-state index in [0.717, 1.165) is 41.7 Å². The van der Waals surface area contributed by atoms with Gasteiger partial charge in [0.1, 0.15) is 0 Å². The standard InChI is InChI=1S/C16H21BrN2O2/c1-10-6-12(3-4-14(10)17)18-16(21)9-19-7-11-2-5-15(20)13(11)8-19/h3-4,6,11,13,15,20H,2,5,7-9H2,1H3,(H,18,21). The molecule has 1 aromatic rings. The second-order valence-corrected chi connectivity index (χ2v) is 7.13. The molecule has 1 saturated carbocycles. The second-order valence-electron chi connectivity index (χ2n) is 6.27. The molecule has 2 aliphatic rings. The molecule has 3 rings (SSSR count). The van der Waals surface area contributed by atoms with Gasteiger partial charge in [-0.25, -0.2) is 0 Å². The Balaban J connectivity index is 1.54. The van der Waals surface area contributed by atoms with Gasteiger partial charge < -0.3 is 10.4 Å². The molecule has 114 valence electrons. The van der Waals surface area contributed by atoms with Crippen molar-refractivity contribution in [3.8, 4) is 0 Å². The SMILES string of the molecule is Cc1cc(NC(=O)CN2CC3CCC(O)C3C2)ccc1Br. The largest absolute Gasteiger partial charge is 0.393 e. The molecule has 1 aromatic carbocycles. The Hall–Kier alpha value is -0.910. The van der Waals surface area contributed by atoms with Gasteiger partial charge >= 0.3 is 0 Å². The molecule has 2 fully saturated rings. The minimum absolute atomic E-state index is 0.0196. The van der Waals surface area contributed by atoms with E-state index in [9.17, 15) is 9.90 Å². The number of anilines is 1. The van der Waals surface area contributed by atoms with Crippen molar-refractivity contribution in [2.75, 3.05) is 25.0 Å². The number of hydrogen-bond donors (Lipinski definition) is 2. The Bertz CT molecular complexity index is 549. The third-order valence-electron chi connectivity index (χ3n) is 4.70. The van der Waals surface area contributed by atoms with Crippen LogP contribution < -0.4 is 5.32 Å². The van der Waals surface area contributed by atoms with Gasteiger partial charge in [-0.1, -0.05) is 15.9 Å². The Labute approximate surface area is 133 Å². The van der Waals surface area contributed by atoms with Gasteiger partial charge in [0.05, 0.1) is 12.6 Å². The fraction of sp³-hybridized carbons (Fsp3) is 0.562. The van der Waals surface area contributed by atoms with Crippen molar-refractivity contribution in [1.82, 2.24) is 4.90 Å². The molecule has 5 heteroatoms. The maximum absolute atomic E-state index is 12.1. The first-order chi connectivity index (χ1) is 10.0. The van der Waals surface area contributed by atoms with Crippen LogP contribution in [0.5, 0.6) is 0 Å². The Morgan fingerprint density at radius 1 is 1.43 bits per heavy atom. The Morgan fingerprint density at radius 2 is 2.24 bits per heavy atom. The number of hydrogen-bond acceptors (Lipinski definition) is 3. The summed E-state index contributed by atoms with van der Waals surface area (Å²) >= 11 is 3.46. The van der Waals surface area contributed by atoms with E-state index in [1.54, 1.807) is 0 Å². The highest BCUT2D eigenvalue weighted by atomic mass is 79.9. The topological polar surface area (TPSA) is 52.6 Å². The fourth-order valence-electron chi connectivity index (χ4n) is 3.58. The van der Waals surface area contributed by atoms with Gasteiger partial charge in [0.15, 0.2) is 0 Å². The Kier molecular flexibility index (Phi) is 4.33. The van der Waals surface area contributed by atoms with Gasteiger partial charge in [-0.3, -0.25) is 9.69 Å². The minimum atomic E-state index is -0.169. The molecular formula is C16H21BrN2O2. The van der Waals surface area contributed by atoms with Gasteiger partial charge in [0.2, 0.25) is 5.91 Å². The summed E-state index contributed by atoms with van der Waals surface area (Å²) in [7, 11) is 0. The molecule has 1 aliphatic carbocycles. The summed E-state index contributed by atoms with van der Waals surface area (Å²) in [5.74, 6) is 0.960. The zero-order valence-electron chi connectivity index (χ0n) is 12.2. The molecule has 21 heavy (non-hydrogen) atoms. The molecule has 1 aliphatic heterocycles. The molecule has 3 unspecified atom stereocenters. The number of likely N-dealkylation sites (tertiary alicyclic amines) is 1. The lowest BCUT2D eigenvalue weighted by Crippen LogP contribution is -2.33. The fourth-order valence-corrected chi connectivity index (χ4v) is 3.83. The van der Waals surface area contributed by atoms with E-state index in [2.05, 4.69) is 26.1 Å². The smallest absolute Gasteiger partial charge is 0.238 e. The van der Waals surface area contributed by atoms with Crippen LogP contribution in [-0.2, 0) is 4.79 Å². The van der Waals surface area contributed by atoms with E-state index < -0.39 is 0 Å². The summed E-state index contributed by atoms with van der Waals surface area (Å²) in [5, 5.41) is 12.9. The van der Waals surface area contributed by atoms with Crippen LogP contribution in [0.2, 0.25) is 0 Å². The first-order valence-corrected chi connectivity index (χ1v) is 8.28. The molecule has 2 N–H and O–H groups in total. The number of aliphatic hydroxyl groups excluding tert-OH is 1. The minimum Gasteiger partial charge on any atom is -0.393 e. The first-order valence-electron chi connectivity index (χ1n) is 7.49. The van der Waals surface area contributed by atoms with E-state index in [-0.39, 0.29) is 12.0 Å². The van der Waals surface area contributed by atoms with E-state index in [0.29, 0.717) is 18.4 Å². The first kappa shape index (κ1) is 15.0. The van der Waals surface area contributed by atoms with Gasteiger partial charge in [0.25, 0.3) is 0 Å². The maximum atomic E-state index is 12.1. The molecule has 1 saturated heterocycles. The summed E-state index contributed by atoms with van der Waals surface area (Å²) < 4.78 is 1.04. The van der Waals surface area contributed by atoms with Crippen molar-refractivity contribution in [1.29, 1.82) is 0 Å². The van der Waals surface area contributed by atoms with E-state index >= 15 is 0 Å². The summed E-state index contributed by atoms with van der Waals surface area (Å²) in [6.07, 6.45) is 1.85. The lowest BCUT2D eigenvalue weighted by Gasteiger charge is -2.17. The highest BCUT2D eigenvalue weighted by Gasteiger charge is 2.41. The van der Waals surface area contributed by atoms with Crippen molar-refractivity contribution >= 4 is 27.5 Å². The van der Waals surface area contributed by atoms with E-state index in [4.69, 9.17) is 0 Å². The number of nitrogens with one attached hydrogen (secondary N) is 1. The van der Waals surface area contributed by atoms with Gasteiger partial charge in [-0.05, 0) is 49.4 Å². The lowest BCUT2D eigenvalue weighted by molar-refractivity contribution is -0.117. The molecular weight excluding hydrogens is 332 g/mol. The van der Waals surface area contributed by atoms with Crippen LogP contribution in [0.15, 0.2) is 22.7 Å². The van der Waals surface area contributed by atoms with Crippen molar-refractivity contribution in [2.24, 2.45) is 11.8 Å². The van der Waals surface area contributed by atoms with Crippen LogP contribution in [-0.4, -0.2) is 41.7 Å². The van der Waals surface area contributed by atoms with Crippen LogP contribution in [0.1, 0.15) is 18.4 Å². The van der Waals surface area contributed by atoms with Crippen molar-refractivity contribution < 1.29 is 9.90 Å². The van der Waals surface area contributed by atoms with Crippen LogP contribution >= 0.6 is 15.9 Å². The third-order valence-corrected chi connectivity index (χ3v) is 5.59. The molecule has 1 amide bonds. The van der Waals surface area contributed by atoms with Crippen LogP contribution in [0.3, 0.4) is 0 Å². The molecule has 0 radical (unpaired) electrons. The number of benzene rings is 1. The van der Waals surface area contributed by atoms with E-state index in [1.807, 2.05) is 25.1 Å². The number of nitrogens with zero attached hydrogens (tertiary/aromatic N) is 1. The molecule has 3 atom stereocenters. The average Bonchev–Trinajstić information content (AvgIpc) is 2.96.